The van der Waals surface area contributed by atoms with Crippen LogP contribution < -0.4 is 0 Å². The van der Waals surface area contributed by atoms with E-state index in [-0.39, 0.29) is 16.7 Å². The lowest BCUT2D eigenvalue weighted by Gasteiger charge is -2.29. The van der Waals surface area contributed by atoms with Crippen LogP contribution >= 0.6 is 0 Å². The van der Waals surface area contributed by atoms with Gasteiger partial charge in [0.15, 0.2) is 0 Å². The normalized spacial score (nSPS) is 24.3. The van der Waals surface area contributed by atoms with E-state index in [0.29, 0.717) is 6.42 Å². The monoisotopic (exact) mass is 460 g/mol. The predicted octanol–water partition coefficient (Wildman–Crippen LogP) is 2.47. The number of ether oxygens (including phenoxy) is 3. The van der Waals surface area contributed by atoms with Crippen molar-refractivity contribution in [2.24, 2.45) is 5.92 Å². The molecular weight excluding hydrogens is 428 g/mol. The van der Waals surface area contributed by atoms with Crippen molar-refractivity contribution in [1.29, 1.82) is 0 Å². The Morgan fingerprint density at radius 2 is 1.88 bits per heavy atom. The summed E-state index contributed by atoms with van der Waals surface area (Å²) in [6.07, 6.45) is 7.32. The van der Waals surface area contributed by atoms with E-state index >= 15 is 0 Å². The molecule has 0 aromatic rings. The minimum Gasteiger partial charge on any atom is -0.458 e. The van der Waals surface area contributed by atoms with Crippen LogP contribution in [0.3, 0.4) is 0 Å². The van der Waals surface area contributed by atoms with E-state index < -0.39 is 55.9 Å². The van der Waals surface area contributed by atoms with Crippen molar-refractivity contribution in [3.05, 3.63) is 58.7 Å². The summed E-state index contributed by atoms with van der Waals surface area (Å²) in [7, 11) is 0. The van der Waals surface area contributed by atoms with Crippen LogP contribution in [0.15, 0.2) is 58.7 Å². The molecule has 33 heavy (non-hydrogen) atoms. The Hall–Kier alpha value is -2.97. The molecule has 1 heterocycles. The van der Waals surface area contributed by atoms with E-state index in [9.17, 15) is 24.6 Å². The number of fused-ring (bicyclic) bond motifs is 1. The first-order valence-electron chi connectivity index (χ1n) is 10.9. The van der Waals surface area contributed by atoms with E-state index in [4.69, 9.17) is 14.2 Å². The standard InChI is InChI=1S/C25H32O8/c1-5-18(13-27)24(29)31-14-19(10-11-26)25(30)32-20-12-15(2)8-6-7-9-16(3)22-21(20)17(4)23(28)33-22/h5,8-10,20-22,26-27H,4,6-7,11-14H2,1-3H3. The van der Waals surface area contributed by atoms with Gasteiger partial charge in [-0.05, 0) is 45.3 Å². The van der Waals surface area contributed by atoms with E-state index in [1.54, 1.807) is 6.92 Å². The van der Waals surface area contributed by atoms with Gasteiger partial charge in [0.05, 0.1) is 30.3 Å². The lowest BCUT2D eigenvalue weighted by molar-refractivity contribution is -0.148. The summed E-state index contributed by atoms with van der Waals surface area (Å²) in [5.41, 5.74) is 2.08. The van der Waals surface area contributed by atoms with Gasteiger partial charge in [-0.15, -0.1) is 0 Å². The van der Waals surface area contributed by atoms with Crippen molar-refractivity contribution in [1.82, 2.24) is 0 Å². The highest BCUT2D eigenvalue weighted by molar-refractivity contribution is 5.93. The maximum atomic E-state index is 13.0. The number of hydrogen-bond acceptors (Lipinski definition) is 8. The number of esters is 3. The molecule has 0 spiro atoms. The van der Waals surface area contributed by atoms with Gasteiger partial charge in [-0.2, -0.15) is 0 Å². The van der Waals surface area contributed by atoms with Gasteiger partial charge in [-0.25, -0.2) is 14.4 Å². The number of allylic oxidation sites excluding steroid dienone is 3. The van der Waals surface area contributed by atoms with Crippen LogP contribution in [0.4, 0.5) is 0 Å². The molecule has 2 rings (SSSR count). The van der Waals surface area contributed by atoms with Gasteiger partial charge in [0.2, 0.25) is 0 Å². The molecule has 8 heteroatoms. The molecule has 1 aliphatic carbocycles. The van der Waals surface area contributed by atoms with Crippen molar-refractivity contribution >= 4 is 17.9 Å². The molecule has 0 saturated carbocycles. The van der Waals surface area contributed by atoms with E-state index in [0.717, 1.165) is 24.0 Å². The van der Waals surface area contributed by atoms with Crippen LogP contribution in [-0.2, 0) is 28.6 Å². The van der Waals surface area contributed by atoms with Crippen LogP contribution in [0.2, 0.25) is 0 Å². The molecular formula is C25H32O8. The van der Waals surface area contributed by atoms with Gasteiger partial charge in [0, 0.05) is 12.0 Å². The molecule has 0 amide bonds. The fourth-order valence-electron chi connectivity index (χ4n) is 3.81. The average molecular weight is 461 g/mol. The number of carbonyl (C=O) groups is 3. The third-order valence-electron chi connectivity index (χ3n) is 5.72. The first kappa shape index (κ1) is 26.3. The molecule has 1 saturated heterocycles. The number of aliphatic hydroxyl groups excluding tert-OH is 2. The quantitative estimate of drug-likeness (QED) is 0.257. The molecule has 2 aliphatic rings. The Bertz CT molecular complexity index is 905. The lowest BCUT2D eigenvalue weighted by atomic mass is 9.83. The SMILES string of the molecule is C=C1C(=O)OC2C(C)=CCCC=C(C)CC(OC(=O)C(=CCO)COC(=O)C(=CC)CO)C12. The summed E-state index contributed by atoms with van der Waals surface area (Å²) >= 11 is 0. The van der Waals surface area contributed by atoms with Gasteiger partial charge in [0.1, 0.15) is 18.8 Å². The van der Waals surface area contributed by atoms with E-state index in [1.807, 2.05) is 19.9 Å². The second-order valence-corrected chi connectivity index (χ2v) is 8.06. The van der Waals surface area contributed by atoms with Crippen molar-refractivity contribution in [2.75, 3.05) is 19.8 Å². The second-order valence-electron chi connectivity index (χ2n) is 8.06. The number of hydrogen-bond donors (Lipinski definition) is 2. The van der Waals surface area contributed by atoms with Crippen molar-refractivity contribution in [3.8, 4) is 0 Å². The lowest BCUT2D eigenvalue weighted by Crippen LogP contribution is -2.35. The summed E-state index contributed by atoms with van der Waals surface area (Å²) in [6.45, 7) is 7.83. The van der Waals surface area contributed by atoms with Gasteiger partial charge < -0.3 is 24.4 Å². The van der Waals surface area contributed by atoms with Crippen molar-refractivity contribution < 1.29 is 38.8 Å². The largest absolute Gasteiger partial charge is 0.458 e. The number of rotatable bonds is 7. The summed E-state index contributed by atoms with van der Waals surface area (Å²) < 4.78 is 16.4. The minimum atomic E-state index is -0.787. The molecule has 0 radical (unpaired) electrons. The van der Waals surface area contributed by atoms with Crippen molar-refractivity contribution in [3.63, 3.8) is 0 Å². The molecule has 1 fully saturated rings. The van der Waals surface area contributed by atoms with Gasteiger partial charge in [-0.1, -0.05) is 30.4 Å². The minimum absolute atomic E-state index is 0.0443. The highest BCUT2D eigenvalue weighted by Gasteiger charge is 2.46. The fourth-order valence-corrected chi connectivity index (χ4v) is 3.81. The maximum absolute atomic E-state index is 13.0. The summed E-state index contributed by atoms with van der Waals surface area (Å²) in [4.78, 5) is 37.3. The third-order valence-corrected chi connectivity index (χ3v) is 5.72. The van der Waals surface area contributed by atoms with Crippen LogP contribution in [0.25, 0.3) is 0 Å². The number of aliphatic hydroxyl groups is 2. The molecule has 1 aliphatic heterocycles. The molecule has 3 atom stereocenters. The summed E-state index contributed by atoms with van der Waals surface area (Å²) in [6, 6.07) is 0. The van der Waals surface area contributed by atoms with Gasteiger partial charge in [0.25, 0.3) is 0 Å². The van der Waals surface area contributed by atoms with E-state index in [1.165, 1.54) is 12.2 Å². The molecule has 8 nitrogen and oxygen atoms in total. The molecule has 0 aromatic heterocycles. The van der Waals surface area contributed by atoms with Gasteiger partial charge >= 0.3 is 17.9 Å². The average Bonchev–Trinajstić information content (AvgIpc) is 3.08. The smallest absolute Gasteiger partial charge is 0.337 e. The predicted molar refractivity (Wildman–Crippen MR) is 121 cm³/mol. The molecule has 0 aromatic carbocycles. The first-order valence-corrected chi connectivity index (χ1v) is 10.9. The van der Waals surface area contributed by atoms with Crippen LogP contribution in [-0.4, -0.2) is 60.1 Å². The Morgan fingerprint density at radius 3 is 2.52 bits per heavy atom. The Morgan fingerprint density at radius 1 is 1.18 bits per heavy atom. The van der Waals surface area contributed by atoms with Crippen LogP contribution in [0.1, 0.15) is 40.0 Å². The molecule has 2 N–H and O–H groups in total. The summed E-state index contributed by atoms with van der Waals surface area (Å²) in [5.74, 6) is -2.66. The summed E-state index contributed by atoms with van der Waals surface area (Å²) in [5, 5.41) is 18.5. The molecule has 180 valence electrons. The highest BCUT2D eigenvalue weighted by Crippen LogP contribution is 2.38. The third kappa shape index (κ3) is 6.76. The molecule has 3 unspecified atom stereocenters. The van der Waals surface area contributed by atoms with Crippen molar-refractivity contribution in [2.45, 2.75) is 52.2 Å². The Labute approximate surface area is 193 Å². The zero-order chi connectivity index (χ0) is 24.5. The Balaban J connectivity index is 2.27. The van der Waals surface area contributed by atoms with E-state index in [2.05, 4.69) is 12.7 Å². The zero-order valence-electron chi connectivity index (χ0n) is 19.3. The Kier molecular flexibility index (Phi) is 9.81. The van der Waals surface area contributed by atoms with Crippen LogP contribution in [0.5, 0.6) is 0 Å². The fraction of sp³-hybridized carbons (Fsp3) is 0.480. The molecule has 0 bridgehead atoms. The second kappa shape index (κ2) is 12.3. The maximum Gasteiger partial charge on any atom is 0.337 e. The van der Waals surface area contributed by atoms with Gasteiger partial charge in [-0.3, -0.25) is 0 Å². The first-order chi connectivity index (χ1) is 15.7. The topological polar surface area (TPSA) is 119 Å². The number of carbonyl (C=O) groups excluding carboxylic acids is 3. The highest BCUT2D eigenvalue weighted by atomic mass is 16.6. The van der Waals surface area contributed by atoms with Crippen LogP contribution in [0, 0.1) is 5.92 Å². The zero-order valence-corrected chi connectivity index (χ0v) is 19.3.